The minimum atomic E-state index is 0.162. The molecule has 1 rings (SSSR count). The molecular weight excluding hydrogens is 272 g/mol. The van der Waals surface area contributed by atoms with E-state index in [2.05, 4.69) is 15.9 Å². The lowest BCUT2D eigenvalue weighted by molar-refractivity contribution is 0.328. The van der Waals surface area contributed by atoms with Crippen LogP contribution in [-0.2, 0) is 0 Å². The molecule has 0 aliphatic heterocycles. The second-order valence-corrected chi connectivity index (χ2v) is 4.72. The van der Waals surface area contributed by atoms with Gasteiger partial charge >= 0.3 is 0 Å². The van der Waals surface area contributed by atoms with Gasteiger partial charge in [0, 0.05) is 5.56 Å². The Labute approximate surface area is 105 Å². The summed E-state index contributed by atoms with van der Waals surface area (Å²) in [6, 6.07) is 0. The maximum Gasteiger partial charge on any atom is 0.204 e. The number of phenols is 1. The third kappa shape index (κ3) is 1.98. The molecule has 0 bridgehead atoms. The van der Waals surface area contributed by atoms with Crippen LogP contribution in [0.15, 0.2) is 4.47 Å². The maximum atomic E-state index is 10.2. The number of methoxy groups -OCH3 is 2. The van der Waals surface area contributed by atoms with Gasteiger partial charge in [-0.1, -0.05) is 13.8 Å². The van der Waals surface area contributed by atoms with Crippen LogP contribution in [0.1, 0.15) is 30.9 Å². The van der Waals surface area contributed by atoms with Crippen LogP contribution in [0.5, 0.6) is 17.2 Å². The SMILES string of the molecule is COc1c(O)c(C(C)C)c(C)c(Br)c1OC. The van der Waals surface area contributed by atoms with Crippen molar-refractivity contribution in [3.63, 3.8) is 0 Å². The number of phenolic OH excluding ortho intramolecular Hbond substituents is 1. The van der Waals surface area contributed by atoms with Gasteiger partial charge in [-0.15, -0.1) is 0 Å². The van der Waals surface area contributed by atoms with E-state index in [1.165, 1.54) is 7.11 Å². The van der Waals surface area contributed by atoms with Gasteiger partial charge in [-0.25, -0.2) is 0 Å². The van der Waals surface area contributed by atoms with Crippen LogP contribution in [0.4, 0.5) is 0 Å². The van der Waals surface area contributed by atoms with E-state index in [4.69, 9.17) is 9.47 Å². The Morgan fingerprint density at radius 3 is 2.00 bits per heavy atom. The predicted molar refractivity (Wildman–Crippen MR) is 67.7 cm³/mol. The summed E-state index contributed by atoms with van der Waals surface area (Å²) in [7, 11) is 3.07. The zero-order valence-electron chi connectivity index (χ0n) is 10.2. The molecule has 0 aliphatic rings. The van der Waals surface area contributed by atoms with Crippen molar-refractivity contribution in [2.75, 3.05) is 14.2 Å². The molecule has 0 spiro atoms. The Morgan fingerprint density at radius 1 is 1.12 bits per heavy atom. The lowest BCUT2D eigenvalue weighted by Crippen LogP contribution is -2.00. The van der Waals surface area contributed by atoms with E-state index in [9.17, 15) is 5.11 Å². The molecule has 1 aromatic carbocycles. The van der Waals surface area contributed by atoms with Gasteiger partial charge in [0.05, 0.1) is 18.7 Å². The number of benzene rings is 1. The molecule has 0 atom stereocenters. The third-order valence-corrected chi connectivity index (χ3v) is 3.55. The molecule has 1 N–H and O–H groups in total. The molecule has 0 aromatic heterocycles. The Morgan fingerprint density at radius 2 is 1.62 bits per heavy atom. The molecule has 0 radical (unpaired) electrons. The van der Waals surface area contributed by atoms with Gasteiger partial charge in [-0.05, 0) is 34.3 Å². The van der Waals surface area contributed by atoms with E-state index in [1.807, 2.05) is 20.8 Å². The molecule has 0 saturated heterocycles. The van der Waals surface area contributed by atoms with E-state index >= 15 is 0 Å². The largest absolute Gasteiger partial charge is 0.504 e. The molecule has 16 heavy (non-hydrogen) atoms. The van der Waals surface area contributed by atoms with Gasteiger partial charge in [0.1, 0.15) is 0 Å². The van der Waals surface area contributed by atoms with Crippen molar-refractivity contribution < 1.29 is 14.6 Å². The topological polar surface area (TPSA) is 38.7 Å². The molecule has 4 heteroatoms. The Kier molecular flexibility index (Phi) is 4.08. The first kappa shape index (κ1) is 13.2. The van der Waals surface area contributed by atoms with Crippen molar-refractivity contribution in [1.82, 2.24) is 0 Å². The average Bonchev–Trinajstić information content (AvgIpc) is 2.22. The monoisotopic (exact) mass is 288 g/mol. The lowest BCUT2D eigenvalue weighted by atomic mass is 9.96. The second kappa shape index (κ2) is 4.95. The molecule has 1 aromatic rings. The fraction of sp³-hybridized carbons (Fsp3) is 0.500. The molecule has 0 unspecified atom stereocenters. The van der Waals surface area contributed by atoms with Crippen LogP contribution in [0, 0.1) is 6.92 Å². The highest BCUT2D eigenvalue weighted by atomic mass is 79.9. The van der Waals surface area contributed by atoms with Crippen LogP contribution in [0.2, 0.25) is 0 Å². The highest BCUT2D eigenvalue weighted by Gasteiger charge is 2.23. The fourth-order valence-electron chi connectivity index (χ4n) is 1.87. The Bertz CT molecular complexity index is 400. The van der Waals surface area contributed by atoms with E-state index in [1.54, 1.807) is 7.11 Å². The summed E-state index contributed by atoms with van der Waals surface area (Å²) in [5.74, 6) is 1.29. The fourth-order valence-corrected chi connectivity index (χ4v) is 2.43. The van der Waals surface area contributed by atoms with Crippen molar-refractivity contribution in [2.45, 2.75) is 26.7 Å². The number of aromatic hydroxyl groups is 1. The average molecular weight is 289 g/mol. The van der Waals surface area contributed by atoms with Crippen LogP contribution in [0.3, 0.4) is 0 Å². The summed E-state index contributed by atoms with van der Waals surface area (Å²) in [5.41, 5.74) is 1.86. The third-order valence-electron chi connectivity index (χ3n) is 2.59. The molecule has 3 nitrogen and oxygen atoms in total. The molecule has 0 aliphatic carbocycles. The first-order chi connectivity index (χ1) is 7.45. The number of hydrogen-bond acceptors (Lipinski definition) is 3. The minimum absolute atomic E-state index is 0.162. The highest BCUT2D eigenvalue weighted by Crippen LogP contribution is 2.48. The molecular formula is C12H17BrO3. The lowest BCUT2D eigenvalue weighted by Gasteiger charge is -2.19. The summed E-state index contributed by atoms with van der Waals surface area (Å²) in [5, 5.41) is 10.2. The molecule has 0 amide bonds. The summed E-state index contributed by atoms with van der Waals surface area (Å²) in [6.45, 7) is 6.00. The molecule has 0 heterocycles. The highest BCUT2D eigenvalue weighted by molar-refractivity contribution is 9.10. The van der Waals surface area contributed by atoms with Crippen molar-refractivity contribution in [1.29, 1.82) is 0 Å². The van der Waals surface area contributed by atoms with Gasteiger partial charge in [0.15, 0.2) is 11.5 Å². The van der Waals surface area contributed by atoms with Gasteiger partial charge in [0.2, 0.25) is 5.75 Å². The van der Waals surface area contributed by atoms with Crippen molar-refractivity contribution in [3.8, 4) is 17.2 Å². The van der Waals surface area contributed by atoms with Gasteiger partial charge in [-0.3, -0.25) is 0 Å². The van der Waals surface area contributed by atoms with E-state index in [0.717, 1.165) is 15.6 Å². The Balaban J connectivity index is 3.62. The van der Waals surface area contributed by atoms with Gasteiger partial charge in [0.25, 0.3) is 0 Å². The van der Waals surface area contributed by atoms with Crippen LogP contribution < -0.4 is 9.47 Å². The van der Waals surface area contributed by atoms with E-state index in [0.29, 0.717) is 11.5 Å². The van der Waals surface area contributed by atoms with E-state index < -0.39 is 0 Å². The summed E-state index contributed by atoms with van der Waals surface area (Å²) < 4.78 is 11.2. The number of halogens is 1. The summed E-state index contributed by atoms with van der Waals surface area (Å²) in [6.07, 6.45) is 0. The second-order valence-electron chi connectivity index (χ2n) is 3.92. The summed E-state index contributed by atoms with van der Waals surface area (Å²) in [4.78, 5) is 0. The standard InChI is InChI=1S/C12H17BrO3/c1-6(2)8-7(3)9(13)11(15-4)12(16-5)10(8)14/h6,14H,1-5H3. The smallest absolute Gasteiger partial charge is 0.204 e. The van der Waals surface area contributed by atoms with Crippen LogP contribution in [0.25, 0.3) is 0 Å². The predicted octanol–water partition coefficient (Wildman–Crippen LogP) is 3.60. The molecule has 0 saturated carbocycles. The first-order valence-electron chi connectivity index (χ1n) is 5.08. The maximum absolute atomic E-state index is 10.2. The van der Waals surface area contributed by atoms with Gasteiger partial charge in [-0.2, -0.15) is 0 Å². The van der Waals surface area contributed by atoms with Gasteiger partial charge < -0.3 is 14.6 Å². The molecule has 0 fully saturated rings. The van der Waals surface area contributed by atoms with E-state index in [-0.39, 0.29) is 11.7 Å². The zero-order valence-corrected chi connectivity index (χ0v) is 11.8. The minimum Gasteiger partial charge on any atom is -0.504 e. The number of hydrogen-bond donors (Lipinski definition) is 1. The van der Waals surface area contributed by atoms with Crippen LogP contribution in [-0.4, -0.2) is 19.3 Å². The Hall–Kier alpha value is -0.900. The quantitative estimate of drug-likeness (QED) is 0.924. The normalized spacial score (nSPS) is 10.7. The van der Waals surface area contributed by atoms with Crippen molar-refractivity contribution in [2.24, 2.45) is 0 Å². The molecule has 90 valence electrons. The first-order valence-corrected chi connectivity index (χ1v) is 5.87. The zero-order chi connectivity index (χ0) is 12.5. The number of ether oxygens (including phenoxy) is 2. The number of rotatable bonds is 3. The van der Waals surface area contributed by atoms with Crippen molar-refractivity contribution in [3.05, 3.63) is 15.6 Å². The summed E-state index contributed by atoms with van der Waals surface area (Å²) >= 11 is 3.47. The van der Waals surface area contributed by atoms with Crippen LogP contribution >= 0.6 is 15.9 Å². The van der Waals surface area contributed by atoms with Crippen molar-refractivity contribution >= 4 is 15.9 Å².